The maximum absolute atomic E-state index is 11.1. The summed E-state index contributed by atoms with van der Waals surface area (Å²) in [6.07, 6.45) is -4.60. The SMILES string of the molecule is CO[C@H]1O[C@@H]2COC(c3ccccc3)O[C@@H]2[C@H](ONC(C)=O)[C@H]1O. The van der Waals surface area contributed by atoms with Crippen LogP contribution >= 0.6 is 0 Å². The molecule has 8 nitrogen and oxygen atoms in total. The van der Waals surface area contributed by atoms with Gasteiger partial charge in [0, 0.05) is 19.6 Å². The molecular formula is C16H21NO7. The number of aliphatic hydroxyl groups is 1. The van der Waals surface area contributed by atoms with Crippen molar-refractivity contribution in [2.75, 3.05) is 13.7 Å². The molecule has 2 aliphatic heterocycles. The Morgan fingerprint density at radius 3 is 2.71 bits per heavy atom. The zero-order chi connectivity index (χ0) is 17.1. The summed E-state index contributed by atoms with van der Waals surface area (Å²) < 4.78 is 22.4. The molecule has 2 heterocycles. The van der Waals surface area contributed by atoms with Gasteiger partial charge < -0.3 is 24.1 Å². The number of carbonyl (C=O) groups is 1. The van der Waals surface area contributed by atoms with E-state index in [0.717, 1.165) is 5.56 Å². The number of benzene rings is 1. The fourth-order valence-electron chi connectivity index (χ4n) is 2.82. The average molecular weight is 339 g/mol. The summed E-state index contributed by atoms with van der Waals surface area (Å²) in [5, 5.41) is 10.4. The lowest BCUT2D eigenvalue weighted by molar-refractivity contribution is -0.366. The number of ether oxygens (including phenoxy) is 4. The molecule has 3 rings (SSSR count). The highest BCUT2D eigenvalue weighted by Gasteiger charge is 2.51. The number of carbonyl (C=O) groups excluding carboxylic acids is 1. The summed E-state index contributed by atoms with van der Waals surface area (Å²) in [6.45, 7) is 1.56. The molecule has 24 heavy (non-hydrogen) atoms. The van der Waals surface area contributed by atoms with E-state index in [1.54, 1.807) is 0 Å². The third kappa shape index (κ3) is 3.59. The van der Waals surface area contributed by atoms with E-state index in [1.165, 1.54) is 14.0 Å². The van der Waals surface area contributed by atoms with Crippen LogP contribution in [0, 0.1) is 0 Å². The van der Waals surface area contributed by atoms with Gasteiger partial charge in [0.05, 0.1) is 6.61 Å². The van der Waals surface area contributed by atoms with Crippen molar-refractivity contribution < 1.29 is 33.7 Å². The highest BCUT2D eigenvalue weighted by Crippen LogP contribution is 2.35. The van der Waals surface area contributed by atoms with E-state index >= 15 is 0 Å². The Hall–Kier alpha value is -1.55. The summed E-state index contributed by atoms with van der Waals surface area (Å²) in [4.78, 5) is 16.5. The zero-order valence-electron chi connectivity index (χ0n) is 13.5. The van der Waals surface area contributed by atoms with Crippen LogP contribution in [0.15, 0.2) is 30.3 Å². The van der Waals surface area contributed by atoms with Crippen molar-refractivity contribution in [2.45, 2.75) is 43.9 Å². The van der Waals surface area contributed by atoms with Crippen LogP contribution in [0.5, 0.6) is 0 Å². The third-order valence-corrected chi connectivity index (χ3v) is 3.95. The number of amides is 1. The van der Waals surface area contributed by atoms with Crippen LogP contribution in [-0.2, 0) is 28.6 Å². The van der Waals surface area contributed by atoms with E-state index in [0.29, 0.717) is 0 Å². The molecule has 0 spiro atoms. The van der Waals surface area contributed by atoms with E-state index in [9.17, 15) is 9.90 Å². The Morgan fingerprint density at radius 1 is 1.29 bits per heavy atom. The van der Waals surface area contributed by atoms with Gasteiger partial charge in [0.1, 0.15) is 24.4 Å². The summed E-state index contributed by atoms with van der Waals surface area (Å²) in [6, 6.07) is 9.42. The second-order valence-corrected chi connectivity index (χ2v) is 5.69. The standard InChI is InChI=1S/C16H21NO7/c1-9(18)17-24-14-12(19)16(20-2)22-11-8-21-15(23-13(11)14)10-6-4-3-5-7-10/h3-7,11-16,19H,8H2,1-2H3,(H,17,18)/t11-,12-,13+,14-,15?,16+/m1/s1. The van der Waals surface area contributed by atoms with Crippen molar-refractivity contribution in [3.05, 3.63) is 35.9 Å². The molecule has 2 fully saturated rings. The minimum atomic E-state index is -1.13. The fraction of sp³-hybridized carbons (Fsp3) is 0.562. The van der Waals surface area contributed by atoms with E-state index in [2.05, 4.69) is 5.48 Å². The molecule has 0 aromatic heterocycles. The van der Waals surface area contributed by atoms with Gasteiger partial charge in [0.15, 0.2) is 12.6 Å². The van der Waals surface area contributed by atoms with Crippen LogP contribution < -0.4 is 5.48 Å². The van der Waals surface area contributed by atoms with Crippen LogP contribution in [0.1, 0.15) is 18.8 Å². The number of hydroxylamine groups is 1. The van der Waals surface area contributed by atoms with E-state index in [-0.39, 0.29) is 12.5 Å². The number of aliphatic hydroxyl groups excluding tert-OH is 1. The molecule has 2 saturated heterocycles. The van der Waals surface area contributed by atoms with Gasteiger partial charge in [-0.1, -0.05) is 30.3 Å². The third-order valence-electron chi connectivity index (χ3n) is 3.95. The number of nitrogens with one attached hydrogen (secondary N) is 1. The highest BCUT2D eigenvalue weighted by molar-refractivity contribution is 5.71. The molecule has 0 radical (unpaired) electrons. The molecule has 8 heteroatoms. The summed E-state index contributed by atoms with van der Waals surface area (Å²) in [5.74, 6) is -0.383. The second-order valence-electron chi connectivity index (χ2n) is 5.69. The molecule has 6 atom stereocenters. The molecule has 1 unspecified atom stereocenters. The molecule has 132 valence electrons. The van der Waals surface area contributed by atoms with Crippen molar-refractivity contribution in [1.29, 1.82) is 0 Å². The van der Waals surface area contributed by atoms with Gasteiger partial charge in [0.25, 0.3) is 0 Å². The average Bonchev–Trinajstić information content (AvgIpc) is 2.60. The summed E-state index contributed by atoms with van der Waals surface area (Å²) in [7, 11) is 1.42. The molecule has 1 aromatic rings. The van der Waals surface area contributed by atoms with Crippen LogP contribution in [-0.4, -0.2) is 55.4 Å². The zero-order valence-corrected chi connectivity index (χ0v) is 13.5. The predicted octanol–water partition coefficient (Wildman–Crippen LogP) is 0.269. The highest BCUT2D eigenvalue weighted by atomic mass is 16.8. The summed E-state index contributed by atoms with van der Waals surface area (Å²) in [5.41, 5.74) is 3.09. The first-order chi connectivity index (χ1) is 11.6. The molecule has 1 amide bonds. The first kappa shape index (κ1) is 17.3. The van der Waals surface area contributed by atoms with Crippen molar-refractivity contribution in [2.24, 2.45) is 0 Å². The Morgan fingerprint density at radius 2 is 2.04 bits per heavy atom. The van der Waals surface area contributed by atoms with Crippen molar-refractivity contribution in [3.63, 3.8) is 0 Å². The molecule has 2 aliphatic rings. The lowest BCUT2D eigenvalue weighted by Gasteiger charge is -2.46. The topological polar surface area (TPSA) is 95.5 Å². The minimum absolute atomic E-state index is 0.247. The van der Waals surface area contributed by atoms with Gasteiger partial charge in [-0.15, -0.1) is 0 Å². The van der Waals surface area contributed by atoms with Gasteiger partial charge in [-0.2, -0.15) is 0 Å². The van der Waals surface area contributed by atoms with E-state index in [1.807, 2.05) is 30.3 Å². The first-order valence-corrected chi connectivity index (χ1v) is 7.70. The quantitative estimate of drug-likeness (QED) is 0.760. The normalized spacial score (nSPS) is 36.0. The van der Waals surface area contributed by atoms with Crippen molar-refractivity contribution >= 4 is 5.91 Å². The molecule has 0 bridgehead atoms. The number of fused-ring (bicyclic) bond motifs is 1. The Labute approximate surface area is 139 Å². The number of hydrogen-bond acceptors (Lipinski definition) is 7. The van der Waals surface area contributed by atoms with Gasteiger partial charge >= 0.3 is 0 Å². The first-order valence-electron chi connectivity index (χ1n) is 7.70. The maximum Gasteiger partial charge on any atom is 0.240 e. The lowest BCUT2D eigenvalue weighted by Crippen LogP contribution is -2.63. The van der Waals surface area contributed by atoms with Crippen LogP contribution in [0.25, 0.3) is 0 Å². The second kappa shape index (κ2) is 7.56. The lowest BCUT2D eigenvalue weighted by atomic mass is 9.98. The molecule has 2 N–H and O–H groups in total. The maximum atomic E-state index is 11.1. The monoisotopic (exact) mass is 339 g/mol. The van der Waals surface area contributed by atoms with Gasteiger partial charge in [0.2, 0.25) is 5.91 Å². The molecule has 1 aromatic carbocycles. The van der Waals surface area contributed by atoms with E-state index < -0.39 is 37.0 Å². The molecule has 0 saturated carbocycles. The molecule has 0 aliphatic carbocycles. The number of methoxy groups -OCH3 is 1. The van der Waals surface area contributed by atoms with Gasteiger partial charge in [-0.3, -0.25) is 9.63 Å². The Kier molecular flexibility index (Phi) is 5.44. The van der Waals surface area contributed by atoms with Gasteiger partial charge in [-0.25, -0.2) is 5.48 Å². The smallest absolute Gasteiger partial charge is 0.240 e. The van der Waals surface area contributed by atoms with E-state index in [4.69, 9.17) is 23.8 Å². The molecular weight excluding hydrogens is 318 g/mol. The largest absolute Gasteiger partial charge is 0.385 e. The fourth-order valence-corrected chi connectivity index (χ4v) is 2.82. The summed E-state index contributed by atoms with van der Waals surface area (Å²) >= 11 is 0. The number of rotatable bonds is 4. The van der Waals surface area contributed by atoms with Crippen LogP contribution in [0.3, 0.4) is 0 Å². The van der Waals surface area contributed by atoms with Crippen LogP contribution in [0.2, 0.25) is 0 Å². The predicted molar refractivity (Wildman–Crippen MR) is 80.4 cm³/mol. The number of hydrogen-bond donors (Lipinski definition) is 2. The Balaban J connectivity index is 1.77. The minimum Gasteiger partial charge on any atom is -0.385 e. The van der Waals surface area contributed by atoms with Crippen molar-refractivity contribution in [3.8, 4) is 0 Å². The van der Waals surface area contributed by atoms with Gasteiger partial charge in [-0.05, 0) is 0 Å². The van der Waals surface area contributed by atoms with Crippen LogP contribution in [0.4, 0.5) is 0 Å². The van der Waals surface area contributed by atoms with Crippen molar-refractivity contribution in [1.82, 2.24) is 5.48 Å². The Bertz CT molecular complexity index is 555.